The first-order valence-corrected chi connectivity index (χ1v) is 8.12. The van der Waals surface area contributed by atoms with Gasteiger partial charge in [0.15, 0.2) is 0 Å². The lowest BCUT2D eigenvalue weighted by molar-refractivity contribution is 0.245. The van der Waals surface area contributed by atoms with E-state index in [1.807, 2.05) is 4.72 Å². The number of rotatable bonds is 4. The zero-order chi connectivity index (χ0) is 13.8. The normalized spacial score (nSPS) is 12.8. The van der Waals surface area contributed by atoms with Crippen LogP contribution in [0.15, 0.2) is 29.2 Å². The van der Waals surface area contributed by atoms with E-state index in [1.165, 1.54) is 30.0 Å². The van der Waals surface area contributed by atoms with Crippen molar-refractivity contribution >= 4 is 39.4 Å². The van der Waals surface area contributed by atoms with Crippen LogP contribution in [0.25, 0.3) is 0 Å². The number of nitrogens with one attached hydrogen (secondary N) is 2. The van der Waals surface area contributed by atoms with Gasteiger partial charge in [0, 0.05) is 5.02 Å². The molecule has 0 aliphatic heterocycles. The summed E-state index contributed by atoms with van der Waals surface area (Å²) in [6, 6.07) is 4.92. The van der Waals surface area contributed by atoms with E-state index in [4.69, 9.17) is 11.6 Å². The summed E-state index contributed by atoms with van der Waals surface area (Å²) in [5.41, 5.74) is 0. The first-order valence-electron chi connectivity index (χ1n) is 4.97. The molecule has 0 aliphatic carbocycles. The summed E-state index contributed by atoms with van der Waals surface area (Å²) in [5, 5.41) is 2.58. The van der Waals surface area contributed by atoms with Crippen LogP contribution in [0.2, 0.25) is 5.02 Å². The molecule has 1 aromatic rings. The number of urea groups is 1. The van der Waals surface area contributed by atoms with Crippen LogP contribution in [0.4, 0.5) is 4.79 Å². The summed E-state index contributed by atoms with van der Waals surface area (Å²) < 4.78 is 25.6. The molecular formula is C10H13ClN2O3S2. The summed E-state index contributed by atoms with van der Waals surface area (Å²) in [6.07, 6.45) is 1.80. The van der Waals surface area contributed by atoms with E-state index in [9.17, 15) is 13.2 Å². The first kappa shape index (κ1) is 15.1. The zero-order valence-corrected chi connectivity index (χ0v) is 12.2. The van der Waals surface area contributed by atoms with Gasteiger partial charge < -0.3 is 5.32 Å². The molecule has 0 radical (unpaired) electrons. The van der Waals surface area contributed by atoms with Gasteiger partial charge >= 0.3 is 6.03 Å². The van der Waals surface area contributed by atoms with Crippen LogP contribution in [0.5, 0.6) is 0 Å². The Hall–Kier alpha value is -0.920. The highest BCUT2D eigenvalue weighted by molar-refractivity contribution is 7.99. The number of carbonyl (C=O) groups is 1. The number of amides is 2. The molecule has 100 valence electrons. The van der Waals surface area contributed by atoms with E-state index in [0.717, 1.165) is 0 Å². The van der Waals surface area contributed by atoms with Crippen LogP contribution in [0, 0.1) is 0 Å². The standard InChI is InChI=1S/C10H13ClN2O3S2/c1-7(17-2)12-10(14)13-18(15,16)9-5-3-4-8(11)6-9/h3-7H,1-2H3,(H2,12,13,14). The first-order chi connectivity index (χ1) is 8.35. The average Bonchev–Trinajstić information content (AvgIpc) is 2.28. The second-order valence-electron chi connectivity index (χ2n) is 3.41. The van der Waals surface area contributed by atoms with Crippen molar-refractivity contribution in [3.05, 3.63) is 29.3 Å². The van der Waals surface area contributed by atoms with Gasteiger partial charge in [-0.25, -0.2) is 17.9 Å². The Balaban J connectivity index is 2.80. The smallest absolute Gasteiger partial charge is 0.326 e. The van der Waals surface area contributed by atoms with E-state index in [1.54, 1.807) is 19.2 Å². The summed E-state index contributed by atoms with van der Waals surface area (Å²) in [7, 11) is -3.89. The highest BCUT2D eigenvalue weighted by atomic mass is 35.5. The average molecular weight is 309 g/mol. The maximum absolute atomic E-state index is 11.8. The Kier molecular flexibility index (Phi) is 5.30. The summed E-state index contributed by atoms with van der Waals surface area (Å²) in [6.45, 7) is 1.75. The predicted octanol–water partition coefficient (Wildman–Crippen LogP) is 2.04. The van der Waals surface area contributed by atoms with Gasteiger partial charge in [-0.3, -0.25) is 0 Å². The van der Waals surface area contributed by atoms with Gasteiger partial charge in [0.1, 0.15) is 0 Å². The lowest BCUT2D eigenvalue weighted by atomic mass is 10.4. The number of thioether (sulfide) groups is 1. The van der Waals surface area contributed by atoms with E-state index in [-0.39, 0.29) is 15.3 Å². The van der Waals surface area contributed by atoms with Crippen molar-refractivity contribution in [2.24, 2.45) is 0 Å². The molecule has 0 fully saturated rings. The monoisotopic (exact) mass is 308 g/mol. The van der Waals surface area contributed by atoms with Crippen LogP contribution >= 0.6 is 23.4 Å². The molecule has 0 spiro atoms. The third-order valence-electron chi connectivity index (χ3n) is 2.02. The quantitative estimate of drug-likeness (QED) is 0.835. The van der Waals surface area contributed by atoms with Crippen molar-refractivity contribution < 1.29 is 13.2 Å². The number of carbonyl (C=O) groups excluding carboxylic acids is 1. The fourth-order valence-electron chi connectivity index (χ4n) is 1.09. The van der Waals surface area contributed by atoms with Gasteiger partial charge in [0.25, 0.3) is 10.0 Å². The maximum Gasteiger partial charge on any atom is 0.329 e. The second-order valence-corrected chi connectivity index (χ2v) is 6.71. The fourth-order valence-corrected chi connectivity index (χ4v) is 2.53. The zero-order valence-electron chi connectivity index (χ0n) is 9.81. The summed E-state index contributed by atoms with van der Waals surface area (Å²) in [4.78, 5) is 11.4. The molecule has 0 heterocycles. The number of benzene rings is 1. The Morgan fingerprint density at radius 1 is 1.44 bits per heavy atom. The molecule has 0 aromatic heterocycles. The van der Waals surface area contributed by atoms with Gasteiger partial charge in [-0.05, 0) is 31.4 Å². The molecule has 2 N–H and O–H groups in total. The van der Waals surface area contributed by atoms with Crippen molar-refractivity contribution in [2.75, 3.05) is 6.26 Å². The lowest BCUT2D eigenvalue weighted by Crippen LogP contribution is -2.42. The van der Waals surface area contributed by atoms with Crippen LogP contribution in [0.1, 0.15) is 6.92 Å². The van der Waals surface area contributed by atoms with E-state index >= 15 is 0 Å². The molecular weight excluding hydrogens is 296 g/mol. The fraction of sp³-hybridized carbons (Fsp3) is 0.300. The third-order valence-corrected chi connectivity index (χ3v) is 4.41. The Morgan fingerprint density at radius 2 is 2.11 bits per heavy atom. The van der Waals surface area contributed by atoms with Crippen molar-refractivity contribution in [1.82, 2.24) is 10.0 Å². The Labute approximate surface area is 115 Å². The Bertz CT molecular complexity index is 534. The molecule has 0 bridgehead atoms. The van der Waals surface area contributed by atoms with Crippen molar-refractivity contribution in [3.63, 3.8) is 0 Å². The van der Waals surface area contributed by atoms with Gasteiger partial charge in [0.2, 0.25) is 0 Å². The molecule has 8 heteroatoms. The Morgan fingerprint density at radius 3 is 2.67 bits per heavy atom. The van der Waals surface area contributed by atoms with Crippen molar-refractivity contribution in [3.8, 4) is 0 Å². The largest absolute Gasteiger partial charge is 0.329 e. The summed E-state index contributed by atoms with van der Waals surface area (Å²) >= 11 is 7.09. The lowest BCUT2D eigenvalue weighted by Gasteiger charge is -2.12. The topological polar surface area (TPSA) is 75.3 Å². The van der Waals surface area contributed by atoms with Crippen molar-refractivity contribution in [2.45, 2.75) is 17.2 Å². The molecule has 2 amide bonds. The third kappa shape index (κ3) is 4.40. The van der Waals surface area contributed by atoms with E-state index < -0.39 is 16.1 Å². The molecule has 0 aliphatic rings. The molecule has 0 saturated carbocycles. The molecule has 1 atom stereocenters. The highest BCUT2D eigenvalue weighted by Crippen LogP contribution is 2.15. The molecule has 1 aromatic carbocycles. The number of hydrogen-bond acceptors (Lipinski definition) is 4. The minimum Gasteiger partial charge on any atom is -0.326 e. The molecule has 1 unspecified atom stereocenters. The molecule has 0 saturated heterocycles. The SMILES string of the molecule is CSC(C)NC(=O)NS(=O)(=O)c1cccc(Cl)c1. The number of hydrogen-bond donors (Lipinski definition) is 2. The highest BCUT2D eigenvalue weighted by Gasteiger charge is 2.18. The van der Waals surface area contributed by atoms with Crippen molar-refractivity contribution in [1.29, 1.82) is 0 Å². The molecule has 18 heavy (non-hydrogen) atoms. The molecule has 1 rings (SSSR count). The van der Waals surface area contributed by atoms with Gasteiger partial charge in [-0.2, -0.15) is 0 Å². The predicted molar refractivity (Wildman–Crippen MR) is 73.3 cm³/mol. The van der Waals surface area contributed by atoms with Gasteiger partial charge in [0.05, 0.1) is 10.3 Å². The maximum atomic E-state index is 11.8. The number of halogens is 1. The van der Waals surface area contributed by atoms with Crippen LogP contribution in [0.3, 0.4) is 0 Å². The van der Waals surface area contributed by atoms with Crippen LogP contribution in [-0.2, 0) is 10.0 Å². The van der Waals surface area contributed by atoms with Crippen LogP contribution < -0.4 is 10.0 Å². The minimum atomic E-state index is -3.89. The van der Waals surface area contributed by atoms with Crippen LogP contribution in [-0.4, -0.2) is 26.1 Å². The minimum absolute atomic E-state index is 0.0537. The summed E-state index contributed by atoms with van der Waals surface area (Å²) in [5.74, 6) is 0. The van der Waals surface area contributed by atoms with E-state index in [2.05, 4.69) is 5.32 Å². The second kappa shape index (κ2) is 6.31. The number of sulfonamides is 1. The molecule has 5 nitrogen and oxygen atoms in total. The van der Waals surface area contributed by atoms with Gasteiger partial charge in [-0.1, -0.05) is 17.7 Å². The van der Waals surface area contributed by atoms with Gasteiger partial charge in [-0.15, -0.1) is 11.8 Å². The van der Waals surface area contributed by atoms with E-state index in [0.29, 0.717) is 0 Å².